The summed E-state index contributed by atoms with van der Waals surface area (Å²) in [4.78, 5) is 0. The number of hydrogen-bond donors (Lipinski definition) is 2. The zero-order valence-corrected chi connectivity index (χ0v) is 14.1. The van der Waals surface area contributed by atoms with Crippen LogP contribution >= 0.6 is 31.9 Å². The van der Waals surface area contributed by atoms with Crippen LogP contribution in [-0.4, -0.2) is 0 Å². The van der Waals surface area contributed by atoms with Gasteiger partial charge in [0.2, 0.25) is 0 Å². The highest BCUT2D eigenvalue weighted by molar-refractivity contribution is 9.10. The Kier molecular flexibility index (Phi) is 5.32. The molecule has 0 aliphatic rings. The minimum atomic E-state index is -0.260. The Morgan fingerprint density at radius 3 is 2.70 bits per heavy atom. The highest BCUT2D eigenvalue weighted by Crippen LogP contribution is 2.28. The van der Waals surface area contributed by atoms with Gasteiger partial charge >= 0.3 is 0 Å². The van der Waals surface area contributed by atoms with Crippen LogP contribution in [0.25, 0.3) is 0 Å². The molecule has 0 spiro atoms. The van der Waals surface area contributed by atoms with Crippen LogP contribution in [-0.2, 0) is 6.42 Å². The number of nitrogens with two attached hydrogens (primary N) is 1. The smallest absolute Gasteiger partial charge is 0.137 e. The number of halogens is 3. The molecule has 5 heteroatoms. The molecule has 0 radical (unpaired) electrons. The van der Waals surface area contributed by atoms with Gasteiger partial charge in [0.25, 0.3) is 0 Å². The Labute approximate surface area is 134 Å². The Hall–Kier alpha value is -0.750. The van der Waals surface area contributed by atoms with Crippen LogP contribution in [0.4, 0.5) is 4.39 Å². The van der Waals surface area contributed by atoms with Crippen LogP contribution in [0, 0.1) is 12.7 Å². The Morgan fingerprint density at radius 1 is 1.25 bits per heavy atom. The topological polar surface area (TPSA) is 38.0 Å². The zero-order valence-electron chi connectivity index (χ0n) is 11.0. The first-order valence-electron chi connectivity index (χ1n) is 6.18. The molecular formula is C15H15Br2FN2. The molecule has 0 aromatic heterocycles. The molecule has 0 bridgehead atoms. The lowest BCUT2D eigenvalue weighted by molar-refractivity contribution is 0.544. The van der Waals surface area contributed by atoms with Gasteiger partial charge in [-0.2, -0.15) is 0 Å². The Balaban J connectivity index is 2.34. The molecule has 1 unspecified atom stereocenters. The van der Waals surface area contributed by atoms with E-state index in [1.165, 1.54) is 6.07 Å². The fraction of sp³-hybridized carbons (Fsp3) is 0.200. The molecule has 2 aromatic carbocycles. The number of hydrogen-bond acceptors (Lipinski definition) is 2. The van der Waals surface area contributed by atoms with Gasteiger partial charge in [0.05, 0.1) is 10.5 Å². The minimum absolute atomic E-state index is 0.0781. The molecule has 0 saturated carbocycles. The van der Waals surface area contributed by atoms with Gasteiger partial charge in [-0.1, -0.05) is 34.1 Å². The van der Waals surface area contributed by atoms with Gasteiger partial charge in [0.15, 0.2) is 0 Å². The molecule has 20 heavy (non-hydrogen) atoms. The van der Waals surface area contributed by atoms with Crippen LogP contribution in [0.5, 0.6) is 0 Å². The average molecular weight is 402 g/mol. The third-order valence-corrected chi connectivity index (χ3v) is 4.65. The highest BCUT2D eigenvalue weighted by Gasteiger charge is 2.16. The molecule has 3 N–H and O–H groups in total. The fourth-order valence-corrected chi connectivity index (χ4v) is 2.98. The predicted molar refractivity (Wildman–Crippen MR) is 86.7 cm³/mol. The fourth-order valence-electron chi connectivity index (χ4n) is 2.17. The third kappa shape index (κ3) is 3.47. The van der Waals surface area contributed by atoms with E-state index in [-0.39, 0.29) is 11.9 Å². The molecule has 106 valence electrons. The third-order valence-electron chi connectivity index (χ3n) is 3.27. The van der Waals surface area contributed by atoms with E-state index in [4.69, 9.17) is 5.84 Å². The standard InChI is InChI=1S/C15H15Br2FN2/c1-9-5-6-11(16)8-12(9)14(20-19)7-10-3-2-4-13(18)15(10)17/h2-6,8,14,20H,7,19H2,1H3. The van der Waals surface area contributed by atoms with E-state index in [2.05, 4.69) is 37.3 Å². The second kappa shape index (κ2) is 6.80. The van der Waals surface area contributed by atoms with E-state index >= 15 is 0 Å². The van der Waals surface area contributed by atoms with Gasteiger partial charge in [0.1, 0.15) is 5.82 Å². The van der Waals surface area contributed by atoms with E-state index in [9.17, 15) is 4.39 Å². The van der Waals surface area contributed by atoms with Crippen molar-refractivity contribution in [1.82, 2.24) is 5.43 Å². The van der Waals surface area contributed by atoms with Gasteiger partial charge in [-0.25, -0.2) is 4.39 Å². The summed E-state index contributed by atoms with van der Waals surface area (Å²) in [5.41, 5.74) is 5.94. The highest BCUT2D eigenvalue weighted by atomic mass is 79.9. The minimum Gasteiger partial charge on any atom is -0.271 e. The van der Waals surface area contributed by atoms with Gasteiger partial charge in [-0.3, -0.25) is 11.3 Å². The Bertz CT molecular complexity index is 617. The Morgan fingerprint density at radius 2 is 2.00 bits per heavy atom. The summed E-state index contributed by atoms with van der Waals surface area (Å²) < 4.78 is 15.1. The van der Waals surface area contributed by atoms with Crippen molar-refractivity contribution in [1.29, 1.82) is 0 Å². The van der Waals surface area contributed by atoms with Crippen molar-refractivity contribution in [2.24, 2.45) is 5.84 Å². The lowest BCUT2D eigenvalue weighted by Gasteiger charge is -2.20. The maximum Gasteiger partial charge on any atom is 0.137 e. The van der Waals surface area contributed by atoms with E-state index < -0.39 is 0 Å². The molecule has 0 aliphatic carbocycles. The predicted octanol–water partition coefficient (Wildman–Crippen LogP) is 4.41. The molecule has 0 fully saturated rings. The quantitative estimate of drug-likeness (QED) is 0.588. The van der Waals surface area contributed by atoms with Crippen molar-refractivity contribution in [2.75, 3.05) is 0 Å². The van der Waals surface area contributed by atoms with Gasteiger partial charge in [0, 0.05) is 4.47 Å². The molecule has 0 saturated heterocycles. The summed E-state index contributed by atoms with van der Waals surface area (Å²) >= 11 is 6.76. The number of aryl methyl sites for hydroxylation is 1. The maximum absolute atomic E-state index is 13.6. The summed E-state index contributed by atoms with van der Waals surface area (Å²) in [6.07, 6.45) is 0.603. The number of benzene rings is 2. The molecule has 1 atom stereocenters. The van der Waals surface area contributed by atoms with Crippen LogP contribution in [0.1, 0.15) is 22.7 Å². The molecule has 0 amide bonds. The SMILES string of the molecule is Cc1ccc(Br)cc1C(Cc1cccc(F)c1Br)NN. The van der Waals surface area contributed by atoms with Crippen molar-refractivity contribution in [2.45, 2.75) is 19.4 Å². The maximum atomic E-state index is 13.6. The first kappa shape index (κ1) is 15.6. The monoisotopic (exact) mass is 400 g/mol. The lowest BCUT2D eigenvalue weighted by Crippen LogP contribution is -2.30. The molecule has 2 nitrogen and oxygen atoms in total. The van der Waals surface area contributed by atoms with Crippen molar-refractivity contribution in [3.05, 3.63) is 67.9 Å². The number of rotatable bonds is 4. The van der Waals surface area contributed by atoms with Crippen molar-refractivity contribution >= 4 is 31.9 Å². The van der Waals surface area contributed by atoms with Crippen LogP contribution in [0.2, 0.25) is 0 Å². The van der Waals surface area contributed by atoms with Gasteiger partial charge in [-0.15, -0.1) is 0 Å². The van der Waals surface area contributed by atoms with Gasteiger partial charge in [-0.05, 0) is 64.2 Å². The largest absolute Gasteiger partial charge is 0.271 e. The van der Waals surface area contributed by atoms with Crippen molar-refractivity contribution < 1.29 is 4.39 Å². The van der Waals surface area contributed by atoms with E-state index in [1.54, 1.807) is 6.07 Å². The summed E-state index contributed by atoms with van der Waals surface area (Å²) in [6.45, 7) is 2.03. The van der Waals surface area contributed by atoms with E-state index in [0.29, 0.717) is 10.9 Å². The van der Waals surface area contributed by atoms with Crippen molar-refractivity contribution in [3.63, 3.8) is 0 Å². The first-order valence-corrected chi connectivity index (χ1v) is 7.76. The second-order valence-corrected chi connectivity index (χ2v) is 6.35. The number of nitrogens with one attached hydrogen (secondary N) is 1. The van der Waals surface area contributed by atoms with E-state index in [1.807, 2.05) is 31.2 Å². The van der Waals surface area contributed by atoms with E-state index in [0.717, 1.165) is 21.2 Å². The lowest BCUT2D eigenvalue weighted by atomic mass is 9.96. The summed E-state index contributed by atoms with van der Waals surface area (Å²) in [7, 11) is 0. The normalized spacial score (nSPS) is 12.4. The molecule has 0 aliphatic heterocycles. The summed E-state index contributed by atoms with van der Waals surface area (Å²) in [5.74, 6) is 5.43. The first-order chi connectivity index (χ1) is 9.52. The summed E-state index contributed by atoms with van der Waals surface area (Å²) in [5, 5.41) is 0. The average Bonchev–Trinajstić information content (AvgIpc) is 2.43. The molecular weight excluding hydrogens is 387 g/mol. The molecule has 0 heterocycles. The zero-order chi connectivity index (χ0) is 14.7. The van der Waals surface area contributed by atoms with Crippen molar-refractivity contribution in [3.8, 4) is 0 Å². The second-order valence-electron chi connectivity index (χ2n) is 4.64. The van der Waals surface area contributed by atoms with Gasteiger partial charge < -0.3 is 0 Å². The molecule has 2 aromatic rings. The van der Waals surface area contributed by atoms with Crippen LogP contribution < -0.4 is 11.3 Å². The molecule has 2 rings (SSSR count). The summed E-state index contributed by atoms with van der Waals surface area (Å²) in [6, 6.07) is 11.0. The van der Waals surface area contributed by atoms with Crippen LogP contribution in [0.15, 0.2) is 45.3 Å². The van der Waals surface area contributed by atoms with Crippen LogP contribution in [0.3, 0.4) is 0 Å². The number of hydrazine groups is 1.